The number of benzene rings is 3. The summed E-state index contributed by atoms with van der Waals surface area (Å²) in [7, 11) is 0. The number of nitrogens with one attached hydrogen (secondary N) is 2. The maximum atomic E-state index is 14.2. The van der Waals surface area contributed by atoms with E-state index in [0.29, 0.717) is 33.0 Å². The van der Waals surface area contributed by atoms with Gasteiger partial charge in [-0.3, -0.25) is 19.3 Å². The third-order valence-electron chi connectivity index (χ3n) is 7.08. The molecule has 3 amide bonds. The summed E-state index contributed by atoms with van der Waals surface area (Å²) in [5, 5.41) is 14.8. The normalized spacial score (nSPS) is 14.4. The number of carbonyl (C=O) groups is 3. The van der Waals surface area contributed by atoms with Crippen LogP contribution in [0.1, 0.15) is 50.6 Å². The summed E-state index contributed by atoms with van der Waals surface area (Å²) < 4.78 is 1.54. The van der Waals surface area contributed by atoms with E-state index in [1.807, 2.05) is 24.3 Å². The Labute approximate surface area is 237 Å². The predicted molar refractivity (Wildman–Crippen MR) is 155 cm³/mol. The Bertz CT molecular complexity index is 1500. The minimum Gasteiger partial charge on any atom is -0.351 e. The molecule has 1 aliphatic rings. The molecule has 2 N–H and O–H groups in total. The Morgan fingerprint density at radius 2 is 1.68 bits per heavy atom. The molecular formula is C30H31ClN6O3. The summed E-state index contributed by atoms with van der Waals surface area (Å²) in [6, 6.07) is 20.3. The van der Waals surface area contributed by atoms with Crippen molar-refractivity contribution in [3.05, 3.63) is 83.4 Å². The molecule has 4 aromatic rings. The highest BCUT2D eigenvalue weighted by atomic mass is 35.5. The van der Waals surface area contributed by atoms with Crippen molar-refractivity contribution in [1.82, 2.24) is 20.3 Å². The Morgan fingerprint density at radius 1 is 0.975 bits per heavy atom. The average molecular weight is 559 g/mol. The molecule has 1 heterocycles. The van der Waals surface area contributed by atoms with Crippen molar-refractivity contribution in [3.63, 3.8) is 0 Å². The lowest BCUT2D eigenvalue weighted by atomic mass is 9.94. The quantitative estimate of drug-likeness (QED) is 0.306. The zero-order valence-electron chi connectivity index (χ0n) is 22.2. The molecule has 10 heteroatoms. The largest absolute Gasteiger partial charge is 0.351 e. The van der Waals surface area contributed by atoms with E-state index in [9.17, 15) is 14.4 Å². The van der Waals surface area contributed by atoms with Gasteiger partial charge in [-0.25, -0.2) is 4.68 Å². The van der Waals surface area contributed by atoms with Crippen molar-refractivity contribution in [3.8, 4) is 0 Å². The van der Waals surface area contributed by atoms with Crippen molar-refractivity contribution >= 4 is 51.7 Å². The van der Waals surface area contributed by atoms with Gasteiger partial charge in [0.25, 0.3) is 0 Å². The van der Waals surface area contributed by atoms with Gasteiger partial charge in [0.15, 0.2) is 0 Å². The number of amides is 3. The topological polar surface area (TPSA) is 109 Å². The summed E-state index contributed by atoms with van der Waals surface area (Å²) in [6.45, 7) is 1.30. The number of hydrogen-bond donors (Lipinski definition) is 2. The average Bonchev–Trinajstić information content (AvgIpc) is 3.35. The van der Waals surface area contributed by atoms with Gasteiger partial charge in [0.1, 0.15) is 18.1 Å². The molecular weight excluding hydrogens is 528 g/mol. The third kappa shape index (κ3) is 6.31. The molecule has 0 spiro atoms. The second-order valence-corrected chi connectivity index (χ2v) is 10.5. The number of anilines is 2. The van der Waals surface area contributed by atoms with E-state index in [2.05, 4.69) is 20.9 Å². The van der Waals surface area contributed by atoms with Crippen LogP contribution in [-0.2, 0) is 20.9 Å². The van der Waals surface area contributed by atoms with Crippen LogP contribution in [0.15, 0.2) is 72.8 Å². The first kappa shape index (κ1) is 27.3. The molecule has 3 aromatic carbocycles. The van der Waals surface area contributed by atoms with Crippen molar-refractivity contribution in [1.29, 1.82) is 0 Å². The number of nitrogens with zero attached hydrogens (tertiary/aromatic N) is 4. The molecule has 1 atom stereocenters. The number of rotatable bonds is 8. The number of hydrogen-bond acceptors (Lipinski definition) is 5. The van der Waals surface area contributed by atoms with E-state index < -0.39 is 6.04 Å². The van der Waals surface area contributed by atoms with Crippen LogP contribution < -0.4 is 15.5 Å². The second kappa shape index (κ2) is 12.3. The fourth-order valence-corrected chi connectivity index (χ4v) is 5.30. The zero-order chi connectivity index (χ0) is 28.1. The van der Waals surface area contributed by atoms with Crippen LogP contribution in [0.5, 0.6) is 0 Å². The lowest BCUT2D eigenvalue weighted by Crippen LogP contribution is -2.48. The van der Waals surface area contributed by atoms with Crippen LogP contribution in [0.3, 0.4) is 0 Å². The van der Waals surface area contributed by atoms with E-state index in [0.717, 1.165) is 32.1 Å². The van der Waals surface area contributed by atoms with E-state index in [1.165, 1.54) is 16.5 Å². The molecule has 0 radical (unpaired) electrons. The van der Waals surface area contributed by atoms with Gasteiger partial charge in [-0.1, -0.05) is 60.3 Å². The molecule has 0 aliphatic heterocycles. The number of para-hydroxylation sites is 1. The molecule has 206 valence electrons. The van der Waals surface area contributed by atoms with E-state index in [4.69, 9.17) is 11.6 Å². The molecule has 1 aromatic heterocycles. The number of fused-ring (bicyclic) bond motifs is 1. The molecule has 40 heavy (non-hydrogen) atoms. The summed E-state index contributed by atoms with van der Waals surface area (Å²) in [5.74, 6) is -0.816. The fraction of sp³-hybridized carbons (Fsp3) is 0.300. The maximum absolute atomic E-state index is 14.2. The van der Waals surface area contributed by atoms with Crippen molar-refractivity contribution in [2.75, 3.05) is 10.2 Å². The van der Waals surface area contributed by atoms with Crippen LogP contribution in [0.2, 0.25) is 5.02 Å². The molecule has 0 unspecified atom stereocenters. The number of carbonyl (C=O) groups excluding carboxylic acids is 3. The smallest absolute Gasteiger partial charge is 0.249 e. The van der Waals surface area contributed by atoms with Gasteiger partial charge >= 0.3 is 0 Å². The van der Waals surface area contributed by atoms with Crippen LogP contribution in [0, 0.1) is 0 Å². The minimum absolute atomic E-state index is 0.0504. The molecule has 0 saturated heterocycles. The lowest BCUT2D eigenvalue weighted by Gasteiger charge is -2.33. The minimum atomic E-state index is -0.965. The molecule has 0 bridgehead atoms. The Kier molecular flexibility index (Phi) is 8.40. The van der Waals surface area contributed by atoms with Crippen molar-refractivity contribution < 1.29 is 14.4 Å². The second-order valence-electron chi connectivity index (χ2n) is 10.0. The highest BCUT2D eigenvalue weighted by molar-refractivity contribution is 6.30. The van der Waals surface area contributed by atoms with Gasteiger partial charge < -0.3 is 10.6 Å². The fourth-order valence-electron chi connectivity index (χ4n) is 5.17. The van der Waals surface area contributed by atoms with Crippen molar-refractivity contribution in [2.24, 2.45) is 0 Å². The Balaban J connectivity index is 1.55. The van der Waals surface area contributed by atoms with Gasteiger partial charge in [0, 0.05) is 29.4 Å². The SMILES string of the molecule is CC(=O)Nc1ccc(N(C(=O)Cn2nnc3ccccc32)[C@@H](C(=O)NC2CCCCC2)c2ccc(Cl)cc2)cc1. The highest BCUT2D eigenvalue weighted by Gasteiger charge is 2.34. The summed E-state index contributed by atoms with van der Waals surface area (Å²) in [6.07, 6.45) is 5.09. The molecule has 9 nitrogen and oxygen atoms in total. The third-order valence-corrected chi connectivity index (χ3v) is 7.34. The van der Waals surface area contributed by atoms with Gasteiger partial charge in [0.05, 0.1) is 5.52 Å². The first-order valence-corrected chi connectivity index (χ1v) is 13.8. The standard InChI is InChI=1S/C30H31ClN6O3/c1-20(38)32-24-15-17-25(18-16-24)37(28(39)19-36-27-10-6-5-9-26(27)34-35-36)29(21-11-13-22(31)14-12-21)30(40)33-23-7-3-2-4-8-23/h5-6,9-18,23,29H,2-4,7-8,19H2,1H3,(H,32,38)(H,33,40)/t29-/m1/s1. The van der Waals surface area contributed by atoms with Crippen LogP contribution in [-0.4, -0.2) is 38.8 Å². The zero-order valence-corrected chi connectivity index (χ0v) is 23.0. The molecule has 1 fully saturated rings. The number of aromatic nitrogens is 3. The molecule has 5 rings (SSSR count). The summed E-state index contributed by atoms with van der Waals surface area (Å²) in [5.41, 5.74) is 3.10. The summed E-state index contributed by atoms with van der Waals surface area (Å²) in [4.78, 5) is 41.2. The molecule has 1 aliphatic carbocycles. The van der Waals surface area contributed by atoms with Gasteiger partial charge in [-0.05, 0) is 66.9 Å². The highest BCUT2D eigenvalue weighted by Crippen LogP contribution is 2.31. The van der Waals surface area contributed by atoms with Crippen molar-refractivity contribution in [2.45, 2.75) is 57.7 Å². The molecule has 1 saturated carbocycles. The van der Waals surface area contributed by atoms with E-state index in [-0.39, 0.29) is 30.3 Å². The van der Waals surface area contributed by atoms with Crippen LogP contribution in [0.25, 0.3) is 11.0 Å². The summed E-state index contributed by atoms with van der Waals surface area (Å²) >= 11 is 6.19. The van der Waals surface area contributed by atoms with Gasteiger partial charge in [0.2, 0.25) is 17.7 Å². The van der Waals surface area contributed by atoms with Gasteiger partial charge in [-0.15, -0.1) is 5.10 Å². The van der Waals surface area contributed by atoms with Crippen LogP contribution in [0.4, 0.5) is 11.4 Å². The Morgan fingerprint density at radius 3 is 2.38 bits per heavy atom. The lowest BCUT2D eigenvalue weighted by molar-refractivity contribution is -0.127. The predicted octanol–water partition coefficient (Wildman–Crippen LogP) is 5.27. The van der Waals surface area contributed by atoms with Gasteiger partial charge in [-0.2, -0.15) is 0 Å². The monoisotopic (exact) mass is 558 g/mol. The van der Waals surface area contributed by atoms with Crippen LogP contribution >= 0.6 is 11.6 Å². The van der Waals surface area contributed by atoms with E-state index in [1.54, 1.807) is 48.5 Å². The number of halogens is 1. The first-order valence-electron chi connectivity index (χ1n) is 13.4. The first-order chi connectivity index (χ1) is 19.4. The maximum Gasteiger partial charge on any atom is 0.249 e. The Hall–Kier alpha value is -4.24. The van der Waals surface area contributed by atoms with E-state index >= 15 is 0 Å².